The summed E-state index contributed by atoms with van der Waals surface area (Å²) in [6.07, 6.45) is -5.55. The van der Waals surface area contributed by atoms with Crippen molar-refractivity contribution in [3.63, 3.8) is 0 Å². The highest BCUT2D eigenvalue weighted by molar-refractivity contribution is 5.88. The van der Waals surface area contributed by atoms with Crippen molar-refractivity contribution in [1.29, 1.82) is 0 Å². The van der Waals surface area contributed by atoms with Crippen LogP contribution in [0.25, 0.3) is 10.4 Å². The molecule has 10 nitrogen and oxygen atoms in total. The zero-order valence-electron chi connectivity index (χ0n) is 9.46. The highest BCUT2D eigenvalue weighted by Crippen LogP contribution is 2.07. The van der Waals surface area contributed by atoms with Crippen LogP contribution in [0.15, 0.2) is 5.11 Å². The summed E-state index contributed by atoms with van der Waals surface area (Å²) >= 11 is 0. The molecule has 0 fully saturated rings. The standard InChI is InChI=1S/C8H14N4O6/c1-3(14)10-5(8(18)11-12-9)7(17)6(16)4(15)2-13/h4-7,13,15-17H,2H2,1H3,(H,10,14)/t4-,5-,6+,7-/m1/s1. The molecule has 0 aliphatic heterocycles. The minimum absolute atomic E-state index is 0.716. The van der Waals surface area contributed by atoms with E-state index in [-0.39, 0.29) is 0 Å². The van der Waals surface area contributed by atoms with Crippen molar-refractivity contribution in [3.05, 3.63) is 10.4 Å². The van der Waals surface area contributed by atoms with Gasteiger partial charge in [0, 0.05) is 11.8 Å². The Bertz CT molecular complexity index is 355. The maximum absolute atomic E-state index is 11.3. The zero-order valence-corrected chi connectivity index (χ0v) is 9.46. The molecular formula is C8H14N4O6. The molecule has 0 aromatic rings. The van der Waals surface area contributed by atoms with E-state index in [0.717, 1.165) is 6.92 Å². The van der Waals surface area contributed by atoms with Crippen LogP contribution in [0.4, 0.5) is 0 Å². The first-order valence-corrected chi connectivity index (χ1v) is 4.86. The number of rotatable bonds is 6. The van der Waals surface area contributed by atoms with Gasteiger partial charge in [-0.3, -0.25) is 9.59 Å². The van der Waals surface area contributed by atoms with Gasteiger partial charge in [-0.1, -0.05) is 0 Å². The van der Waals surface area contributed by atoms with E-state index >= 15 is 0 Å². The Hall–Kier alpha value is -1.71. The van der Waals surface area contributed by atoms with Gasteiger partial charge in [0.05, 0.1) is 6.61 Å². The van der Waals surface area contributed by atoms with Crippen molar-refractivity contribution in [2.45, 2.75) is 31.3 Å². The van der Waals surface area contributed by atoms with E-state index in [9.17, 15) is 19.8 Å². The molecule has 0 heterocycles. The average molecular weight is 262 g/mol. The predicted molar refractivity (Wildman–Crippen MR) is 56.9 cm³/mol. The number of carbonyl (C=O) groups excluding carboxylic acids is 2. The molecule has 0 bridgehead atoms. The van der Waals surface area contributed by atoms with Gasteiger partial charge in [-0.25, -0.2) is 0 Å². The van der Waals surface area contributed by atoms with Gasteiger partial charge in [0.25, 0.3) is 0 Å². The fourth-order valence-electron chi connectivity index (χ4n) is 1.15. The van der Waals surface area contributed by atoms with Crippen LogP contribution in [0.2, 0.25) is 0 Å². The van der Waals surface area contributed by atoms with Gasteiger partial charge in [0.1, 0.15) is 24.4 Å². The van der Waals surface area contributed by atoms with Crippen molar-refractivity contribution in [3.8, 4) is 0 Å². The van der Waals surface area contributed by atoms with Gasteiger partial charge in [0.15, 0.2) is 0 Å². The number of aliphatic hydroxyl groups is 4. The lowest BCUT2D eigenvalue weighted by molar-refractivity contribution is -0.135. The van der Waals surface area contributed by atoms with E-state index in [1.54, 1.807) is 0 Å². The fraction of sp³-hybridized carbons (Fsp3) is 0.750. The molecule has 0 rings (SSSR count). The van der Waals surface area contributed by atoms with Crippen LogP contribution in [0.1, 0.15) is 6.92 Å². The van der Waals surface area contributed by atoms with Crippen LogP contribution in [0, 0.1) is 0 Å². The SMILES string of the molecule is CC(=O)N[C@@H](C(=O)N=[N+]=[N-])[C@@H](O)[C@@H](O)[C@H](O)CO. The predicted octanol–water partition coefficient (Wildman–Crippen LogP) is -2.60. The Labute approximate surface area is 101 Å². The van der Waals surface area contributed by atoms with E-state index in [2.05, 4.69) is 10.0 Å². The second-order valence-electron chi connectivity index (χ2n) is 3.44. The molecule has 0 aromatic carbocycles. The van der Waals surface area contributed by atoms with Gasteiger partial charge in [-0.05, 0) is 10.6 Å². The minimum Gasteiger partial charge on any atom is -0.394 e. The van der Waals surface area contributed by atoms with E-state index in [1.165, 1.54) is 0 Å². The van der Waals surface area contributed by atoms with E-state index < -0.39 is 42.8 Å². The highest BCUT2D eigenvalue weighted by Gasteiger charge is 2.35. The fourth-order valence-corrected chi connectivity index (χ4v) is 1.15. The molecule has 18 heavy (non-hydrogen) atoms. The van der Waals surface area contributed by atoms with Crippen LogP contribution in [0.3, 0.4) is 0 Å². The van der Waals surface area contributed by atoms with Gasteiger partial charge in [0.2, 0.25) is 11.8 Å². The lowest BCUT2D eigenvalue weighted by Crippen LogP contribution is -2.55. The first-order chi connectivity index (χ1) is 8.34. The third-order valence-corrected chi connectivity index (χ3v) is 2.04. The lowest BCUT2D eigenvalue weighted by Gasteiger charge is -2.27. The monoisotopic (exact) mass is 262 g/mol. The summed E-state index contributed by atoms with van der Waals surface area (Å²) in [6, 6.07) is -1.71. The summed E-state index contributed by atoms with van der Waals surface area (Å²) in [5, 5.41) is 41.3. The van der Waals surface area contributed by atoms with Crippen molar-refractivity contribution < 1.29 is 30.0 Å². The van der Waals surface area contributed by atoms with Crippen LogP contribution in [-0.4, -0.2) is 63.2 Å². The number of nitrogens with one attached hydrogen (secondary N) is 1. The molecule has 0 aromatic heterocycles. The molecule has 10 heteroatoms. The first kappa shape index (κ1) is 16.3. The van der Waals surface area contributed by atoms with E-state index in [0.29, 0.717) is 0 Å². The maximum atomic E-state index is 11.3. The number of aliphatic hydroxyl groups excluding tert-OH is 4. The second kappa shape index (κ2) is 7.58. The molecule has 0 aliphatic carbocycles. The smallest absolute Gasteiger partial charge is 0.243 e. The van der Waals surface area contributed by atoms with Gasteiger partial charge in [-0.2, -0.15) is 0 Å². The number of hydrogen-bond acceptors (Lipinski definition) is 6. The largest absolute Gasteiger partial charge is 0.394 e. The van der Waals surface area contributed by atoms with Crippen LogP contribution < -0.4 is 5.32 Å². The Morgan fingerprint density at radius 2 is 1.89 bits per heavy atom. The third-order valence-electron chi connectivity index (χ3n) is 2.04. The summed E-state index contributed by atoms with van der Waals surface area (Å²) in [4.78, 5) is 24.3. The van der Waals surface area contributed by atoms with Crippen LogP contribution >= 0.6 is 0 Å². The molecular weight excluding hydrogens is 248 g/mol. The van der Waals surface area contributed by atoms with Gasteiger partial charge in [-0.15, -0.1) is 0 Å². The first-order valence-electron chi connectivity index (χ1n) is 4.86. The second-order valence-corrected chi connectivity index (χ2v) is 3.44. The molecule has 2 amide bonds. The van der Waals surface area contributed by atoms with Crippen molar-refractivity contribution in [2.75, 3.05) is 6.61 Å². The lowest BCUT2D eigenvalue weighted by atomic mass is 10.0. The van der Waals surface area contributed by atoms with Gasteiger partial charge < -0.3 is 25.7 Å². The Morgan fingerprint density at radius 1 is 1.33 bits per heavy atom. The quantitative estimate of drug-likeness (QED) is 0.199. The molecule has 0 spiro atoms. The molecule has 0 saturated heterocycles. The van der Waals surface area contributed by atoms with E-state index in [1.807, 2.05) is 5.32 Å². The summed E-state index contributed by atoms with van der Waals surface area (Å²) in [5.74, 6) is -1.95. The number of amides is 2. The van der Waals surface area contributed by atoms with Crippen LogP contribution in [-0.2, 0) is 9.59 Å². The van der Waals surface area contributed by atoms with Gasteiger partial charge >= 0.3 is 0 Å². The number of nitrogens with zero attached hydrogens (tertiary/aromatic N) is 3. The van der Waals surface area contributed by atoms with Crippen molar-refractivity contribution in [1.82, 2.24) is 5.32 Å². The zero-order chi connectivity index (χ0) is 14.3. The Balaban J connectivity index is 5.00. The summed E-state index contributed by atoms with van der Waals surface area (Å²) in [7, 11) is 0. The molecule has 102 valence electrons. The molecule has 0 radical (unpaired) electrons. The topological polar surface area (TPSA) is 176 Å². The molecule has 0 aliphatic rings. The third kappa shape index (κ3) is 4.65. The highest BCUT2D eigenvalue weighted by atomic mass is 16.4. The average Bonchev–Trinajstić information content (AvgIpc) is 2.33. The van der Waals surface area contributed by atoms with Crippen molar-refractivity contribution >= 4 is 11.8 Å². The minimum atomic E-state index is -1.94. The Morgan fingerprint density at radius 3 is 2.28 bits per heavy atom. The maximum Gasteiger partial charge on any atom is 0.243 e. The number of carbonyl (C=O) groups is 2. The normalized spacial score (nSPS) is 16.9. The number of azide groups is 1. The Kier molecular flexibility index (Phi) is 6.86. The van der Waals surface area contributed by atoms with E-state index in [4.69, 9.17) is 15.7 Å². The molecule has 0 saturated carbocycles. The molecule has 4 atom stereocenters. The summed E-state index contributed by atoms with van der Waals surface area (Å²) in [5.41, 5.74) is 8.09. The summed E-state index contributed by atoms with van der Waals surface area (Å²) < 4.78 is 0. The number of hydrogen-bond donors (Lipinski definition) is 5. The molecule has 5 N–H and O–H groups in total. The molecule has 0 unspecified atom stereocenters. The van der Waals surface area contributed by atoms with Crippen LogP contribution in [0.5, 0.6) is 0 Å². The van der Waals surface area contributed by atoms with Crippen molar-refractivity contribution in [2.24, 2.45) is 5.11 Å². The summed E-state index contributed by atoms with van der Waals surface area (Å²) in [6.45, 7) is 0.179.